The lowest BCUT2D eigenvalue weighted by atomic mass is 10.1. The minimum atomic E-state index is -4.55. The largest absolute Gasteiger partial charge is 0.489 e. The number of anilines is 4. The zero-order chi connectivity index (χ0) is 73.3. The number of carbonyl (C=O) groups excluding carboxylic acids is 4. The third kappa shape index (κ3) is 25.3. The van der Waals surface area contributed by atoms with Crippen LogP contribution < -0.4 is 40.2 Å². The summed E-state index contributed by atoms with van der Waals surface area (Å²) in [6, 6.07) is 33.1. The van der Waals surface area contributed by atoms with Gasteiger partial charge in [-0.05, 0) is 143 Å². The smallest absolute Gasteiger partial charge is 0.416 e. The lowest BCUT2D eigenvalue weighted by molar-refractivity contribution is -0.138. The highest BCUT2D eigenvalue weighted by molar-refractivity contribution is 9.10. The molecule has 8 N–H and O–H groups in total. The van der Waals surface area contributed by atoms with Gasteiger partial charge in [0.2, 0.25) is 23.6 Å². The zero-order valence-electron chi connectivity index (χ0n) is 52.5. The number of rotatable bonds is 24. The van der Waals surface area contributed by atoms with Crippen molar-refractivity contribution in [1.82, 2.24) is 0 Å². The molecule has 0 saturated heterocycles. The molecule has 0 aliphatic rings. The number of halogens is 10. The average Bonchev–Trinajstić information content (AvgIpc) is 0.858. The molecule has 0 bridgehead atoms. The number of hydrogen-bond donors (Lipinski definition) is 8. The van der Waals surface area contributed by atoms with Gasteiger partial charge in [0.05, 0.1) is 55.6 Å². The molecule has 522 valence electrons. The van der Waals surface area contributed by atoms with E-state index in [2.05, 4.69) is 53.1 Å². The van der Waals surface area contributed by atoms with Crippen molar-refractivity contribution in [3.05, 3.63) is 232 Å². The second-order valence-corrected chi connectivity index (χ2v) is 22.9. The molecule has 99 heavy (non-hydrogen) atoms. The molecule has 0 aliphatic heterocycles. The number of alkyl halides is 3. The molecule has 0 heterocycles. The SMILES string of the molecule is CCC(=O)Nc1ccc(OCc2ccc(Br)c(Cl)c2)cc1C(=O)O.CCC(=O)Nc1ccc(OCc2ccc(Br)cc2C(F)(F)F)cc1C(=O)O.CCC(=O)Nc1ccc(OCc2ccc(Cl)cc2F)cc1C(=O)O.CCC(=O)Nc1ccc(OCc2ccc(F)cc2F)cc1C(=O)O. The summed E-state index contributed by atoms with van der Waals surface area (Å²) in [6.45, 7) is 6.18. The predicted molar refractivity (Wildman–Crippen MR) is 363 cm³/mol. The number of hydrogen-bond acceptors (Lipinski definition) is 12. The summed E-state index contributed by atoms with van der Waals surface area (Å²) in [4.78, 5) is 91.1. The Morgan fingerprint density at radius 2 is 0.758 bits per heavy atom. The van der Waals surface area contributed by atoms with Gasteiger partial charge in [0.1, 0.15) is 66.9 Å². The van der Waals surface area contributed by atoms with Gasteiger partial charge in [-0.2, -0.15) is 13.2 Å². The van der Waals surface area contributed by atoms with Gasteiger partial charge in [-0.3, -0.25) is 19.2 Å². The highest BCUT2D eigenvalue weighted by Gasteiger charge is 2.34. The summed E-state index contributed by atoms with van der Waals surface area (Å²) < 4.78 is 102. The summed E-state index contributed by atoms with van der Waals surface area (Å²) in [7, 11) is 0. The van der Waals surface area contributed by atoms with Crippen LogP contribution in [-0.4, -0.2) is 67.9 Å². The quantitative estimate of drug-likeness (QED) is 0.0261. The molecular formula is C69H60Br2Cl2F6N4O16. The Kier molecular flexibility index (Phi) is 30.6. The van der Waals surface area contributed by atoms with E-state index in [1.807, 2.05) is 12.1 Å². The fourth-order valence-corrected chi connectivity index (χ4v) is 9.02. The van der Waals surface area contributed by atoms with E-state index < -0.39 is 59.7 Å². The van der Waals surface area contributed by atoms with Crippen LogP contribution in [0, 0.1) is 17.5 Å². The first kappa shape index (κ1) is 79.5. The number of amides is 4. The second-order valence-electron chi connectivity index (χ2n) is 20.3. The molecule has 8 aromatic rings. The van der Waals surface area contributed by atoms with Gasteiger partial charge in [-0.15, -0.1) is 0 Å². The maximum Gasteiger partial charge on any atom is 0.416 e. The van der Waals surface area contributed by atoms with Crippen molar-refractivity contribution in [2.75, 3.05) is 21.3 Å². The van der Waals surface area contributed by atoms with Crippen LogP contribution in [0.3, 0.4) is 0 Å². The fourth-order valence-electron chi connectivity index (χ4n) is 8.05. The number of benzene rings is 8. The van der Waals surface area contributed by atoms with Gasteiger partial charge < -0.3 is 60.6 Å². The summed E-state index contributed by atoms with van der Waals surface area (Å²) in [5.41, 5.74) is 0.501. The van der Waals surface area contributed by atoms with Crippen molar-refractivity contribution < 1.29 is 104 Å². The number of aromatic carboxylic acids is 4. The Bertz CT molecular complexity index is 4150. The van der Waals surface area contributed by atoms with Gasteiger partial charge in [0.15, 0.2) is 0 Å². The predicted octanol–water partition coefficient (Wildman–Crippen LogP) is 17.5. The molecule has 0 aliphatic carbocycles. The second kappa shape index (κ2) is 38.1. The van der Waals surface area contributed by atoms with Crippen LogP contribution in [0.15, 0.2) is 155 Å². The number of carboxylic acid groups (broad SMARTS) is 4. The van der Waals surface area contributed by atoms with Crippen molar-refractivity contribution in [1.29, 1.82) is 0 Å². The molecule has 30 heteroatoms. The van der Waals surface area contributed by atoms with Gasteiger partial charge in [0.25, 0.3) is 0 Å². The first-order valence-corrected chi connectivity index (χ1v) is 31.5. The minimum absolute atomic E-state index is 0.0249. The topological polar surface area (TPSA) is 303 Å². The van der Waals surface area contributed by atoms with Gasteiger partial charge in [0, 0.05) is 62.4 Å². The van der Waals surface area contributed by atoms with Crippen molar-refractivity contribution >= 4 is 125 Å². The molecule has 8 aromatic carbocycles. The number of ether oxygens (including phenoxy) is 4. The first-order chi connectivity index (χ1) is 46.8. The Balaban J connectivity index is 0.000000238. The molecule has 0 radical (unpaired) electrons. The monoisotopic (exact) mass is 1540 g/mol. The zero-order valence-corrected chi connectivity index (χ0v) is 57.2. The highest BCUT2D eigenvalue weighted by Crippen LogP contribution is 2.36. The Hall–Kier alpha value is -10.2. The molecular weight excluding hydrogens is 1490 g/mol. The van der Waals surface area contributed by atoms with Crippen LogP contribution in [0.5, 0.6) is 23.0 Å². The Morgan fingerprint density at radius 1 is 0.414 bits per heavy atom. The molecule has 0 atom stereocenters. The minimum Gasteiger partial charge on any atom is -0.489 e. The standard InChI is InChI=1S/C18H15BrF3NO4.C17H15BrClNO4.C17H15ClFNO4.C17H15F2NO4/c1-2-16(24)23-15-6-5-12(8-13(15)17(25)26)27-9-10-3-4-11(19)7-14(10)18(20,21)22;1-2-16(21)20-15-6-4-11(8-12(15)17(22)23)24-9-10-3-5-13(18)14(19)7-10;2*1-2-16(21)20-15-6-5-12(8-13(15)17(22)23)24-9-10-3-4-11(18)7-14(10)19/h3-8H,2,9H2,1H3,(H,23,24)(H,25,26);3*3-8H,2,9H2,1H3,(H,20,21)(H,22,23). The van der Waals surface area contributed by atoms with Crippen LogP contribution in [0.4, 0.5) is 49.1 Å². The number of carboxylic acids is 4. The van der Waals surface area contributed by atoms with Gasteiger partial charge in [-0.1, -0.05) is 85.0 Å². The lowest BCUT2D eigenvalue weighted by Crippen LogP contribution is -2.13. The Morgan fingerprint density at radius 3 is 1.09 bits per heavy atom. The van der Waals surface area contributed by atoms with Crippen molar-refractivity contribution in [2.45, 2.75) is 86.0 Å². The van der Waals surface area contributed by atoms with Crippen molar-refractivity contribution in [3.8, 4) is 23.0 Å². The molecule has 0 spiro atoms. The van der Waals surface area contributed by atoms with E-state index in [4.69, 9.17) is 42.1 Å². The van der Waals surface area contributed by atoms with Gasteiger partial charge in [-0.25, -0.2) is 32.3 Å². The normalized spacial score (nSPS) is 10.5. The molecule has 0 aromatic heterocycles. The lowest BCUT2D eigenvalue weighted by Gasteiger charge is -2.15. The van der Waals surface area contributed by atoms with Crippen LogP contribution in [0.25, 0.3) is 0 Å². The third-order valence-corrected chi connectivity index (χ3v) is 15.2. The molecule has 0 fully saturated rings. The fraction of sp³-hybridized carbons (Fsp3) is 0.188. The van der Waals surface area contributed by atoms with E-state index in [0.717, 1.165) is 34.3 Å². The number of nitrogens with one attached hydrogen (secondary N) is 4. The third-order valence-electron chi connectivity index (χ3n) is 13.2. The van der Waals surface area contributed by atoms with Crippen molar-refractivity contribution in [2.24, 2.45) is 0 Å². The highest BCUT2D eigenvalue weighted by atomic mass is 79.9. The molecule has 8 rings (SSSR count). The van der Waals surface area contributed by atoms with E-state index in [0.29, 0.717) is 16.3 Å². The first-order valence-electron chi connectivity index (χ1n) is 29.2. The van der Waals surface area contributed by atoms with Crippen LogP contribution in [0.2, 0.25) is 10.0 Å². The summed E-state index contributed by atoms with van der Waals surface area (Å²) in [6.07, 6.45) is -3.68. The van der Waals surface area contributed by atoms with Crippen LogP contribution >= 0.6 is 55.1 Å². The summed E-state index contributed by atoms with van der Waals surface area (Å²) in [5.74, 6) is -7.18. The maximum atomic E-state index is 13.7. The Labute approximate surface area is 588 Å². The molecule has 20 nitrogen and oxygen atoms in total. The number of carbonyl (C=O) groups is 8. The molecule has 4 amide bonds. The maximum absolute atomic E-state index is 13.7. The van der Waals surface area contributed by atoms with Crippen LogP contribution in [-0.2, 0) is 51.8 Å². The van der Waals surface area contributed by atoms with E-state index in [1.54, 1.807) is 39.8 Å². The molecule has 0 saturated carbocycles. The van der Waals surface area contributed by atoms with E-state index in [1.165, 1.54) is 97.1 Å². The van der Waals surface area contributed by atoms with Crippen LogP contribution in [0.1, 0.15) is 123 Å². The summed E-state index contributed by atoms with van der Waals surface area (Å²) >= 11 is 18.0. The average molecular weight is 1550 g/mol. The van der Waals surface area contributed by atoms with E-state index in [-0.39, 0.29) is 152 Å². The van der Waals surface area contributed by atoms with E-state index in [9.17, 15) is 85.1 Å². The van der Waals surface area contributed by atoms with Crippen molar-refractivity contribution in [3.63, 3.8) is 0 Å². The molecule has 0 unspecified atom stereocenters. The van der Waals surface area contributed by atoms with Gasteiger partial charge >= 0.3 is 30.1 Å². The van der Waals surface area contributed by atoms with E-state index >= 15 is 0 Å². The summed E-state index contributed by atoms with van der Waals surface area (Å²) in [5, 5.41) is 47.9.